The molecule has 0 unspecified atom stereocenters. The van der Waals surface area contributed by atoms with Crippen LogP contribution in [0.5, 0.6) is 0 Å². The molecule has 0 N–H and O–H groups in total. The number of unbranched alkanes of at least 4 members (excludes halogenated alkanes) is 1. The molecule has 0 bridgehead atoms. The minimum absolute atomic E-state index is 0.135. The highest BCUT2D eigenvalue weighted by Gasteiger charge is 2.34. The fourth-order valence-electron chi connectivity index (χ4n) is 5.13. The number of hydrogen-bond acceptors (Lipinski definition) is 8. The lowest BCUT2D eigenvalue weighted by Crippen LogP contribution is -2.40. The van der Waals surface area contributed by atoms with Crippen molar-refractivity contribution in [1.29, 1.82) is 0 Å². The Bertz CT molecular complexity index is 1640. The number of para-hydroxylation sites is 1. The van der Waals surface area contributed by atoms with Crippen LogP contribution >= 0.6 is 24.0 Å². The smallest absolute Gasteiger partial charge is 0.309 e. The highest BCUT2D eigenvalue weighted by Crippen LogP contribution is 2.36. The van der Waals surface area contributed by atoms with Gasteiger partial charge in [0.25, 0.3) is 5.91 Å². The van der Waals surface area contributed by atoms with E-state index >= 15 is 0 Å². The van der Waals surface area contributed by atoms with Crippen LogP contribution in [-0.2, 0) is 24.3 Å². The number of sulfonamides is 1. The van der Waals surface area contributed by atoms with Gasteiger partial charge in [-0.3, -0.25) is 14.5 Å². The van der Waals surface area contributed by atoms with Crippen molar-refractivity contribution < 1.29 is 22.7 Å². The zero-order valence-corrected chi connectivity index (χ0v) is 26.6. The maximum atomic E-state index is 13.7. The van der Waals surface area contributed by atoms with Crippen LogP contribution in [0, 0.1) is 5.92 Å². The highest BCUT2D eigenvalue weighted by atomic mass is 32.2. The molecule has 0 radical (unpaired) electrons. The number of benzene rings is 2. The second-order valence-corrected chi connectivity index (χ2v) is 14.0. The van der Waals surface area contributed by atoms with E-state index in [9.17, 15) is 18.0 Å². The van der Waals surface area contributed by atoms with Gasteiger partial charge in [0, 0.05) is 37.0 Å². The zero-order chi connectivity index (χ0) is 30.6. The number of amides is 1. The van der Waals surface area contributed by atoms with Crippen LogP contribution in [0.1, 0.15) is 45.1 Å². The third kappa shape index (κ3) is 6.77. The summed E-state index contributed by atoms with van der Waals surface area (Å²) in [6, 6.07) is 16.3. The molecule has 2 fully saturated rings. The topological polar surface area (TPSA) is 102 Å². The fraction of sp³-hybridized carbons (Fsp3) is 0.355. The normalized spacial score (nSPS) is 17.6. The molecule has 3 heterocycles. The molecule has 226 valence electrons. The van der Waals surface area contributed by atoms with Crippen LogP contribution in [0.2, 0.25) is 0 Å². The molecule has 12 heteroatoms. The van der Waals surface area contributed by atoms with E-state index in [1.54, 1.807) is 40.8 Å². The molecular weight excluding hydrogens is 605 g/mol. The molecule has 5 rings (SSSR count). The lowest BCUT2D eigenvalue weighted by atomic mass is 9.98. The molecule has 3 aromatic rings. The lowest BCUT2D eigenvalue weighted by molar-refractivity contribution is -0.149. The van der Waals surface area contributed by atoms with Crippen molar-refractivity contribution in [2.24, 2.45) is 5.92 Å². The van der Waals surface area contributed by atoms with Crippen molar-refractivity contribution >= 4 is 56.3 Å². The largest absolute Gasteiger partial charge is 0.466 e. The van der Waals surface area contributed by atoms with E-state index in [1.165, 1.54) is 16.1 Å². The van der Waals surface area contributed by atoms with Crippen LogP contribution in [0.15, 0.2) is 70.6 Å². The van der Waals surface area contributed by atoms with E-state index in [2.05, 4.69) is 6.92 Å². The summed E-state index contributed by atoms with van der Waals surface area (Å²) in [6.45, 7) is 5.19. The molecule has 0 saturated carbocycles. The van der Waals surface area contributed by atoms with E-state index in [4.69, 9.17) is 22.1 Å². The van der Waals surface area contributed by atoms with E-state index in [0.29, 0.717) is 52.0 Å². The average Bonchev–Trinajstić information content (AvgIpc) is 3.56. The van der Waals surface area contributed by atoms with Crippen molar-refractivity contribution in [2.45, 2.75) is 44.4 Å². The first kappa shape index (κ1) is 31.1. The summed E-state index contributed by atoms with van der Waals surface area (Å²) in [5.74, 6) is -0.702. The molecule has 0 spiro atoms. The number of carbonyl (C=O) groups is 2. The van der Waals surface area contributed by atoms with Gasteiger partial charge in [0.1, 0.15) is 10.0 Å². The highest BCUT2D eigenvalue weighted by molar-refractivity contribution is 8.26. The van der Waals surface area contributed by atoms with E-state index < -0.39 is 10.0 Å². The van der Waals surface area contributed by atoms with Crippen molar-refractivity contribution in [3.05, 3.63) is 71.3 Å². The Morgan fingerprint density at radius 3 is 2.56 bits per heavy atom. The quantitative estimate of drug-likeness (QED) is 0.163. The average molecular weight is 639 g/mol. The summed E-state index contributed by atoms with van der Waals surface area (Å²) < 4.78 is 36.1. The predicted molar refractivity (Wildman–Crippen MR) is 172 cm³/mol. The minimum Gasteiger partial charge on any atom is -0.466 e. The molecular formula is C31H34N4O5S3. The van der Waals surface area contributed by atoms with Crippen LogP contribution in [0.25, 0.3) is 23.0 Å². The number of hydrogen-bond donors (Lipinski definition) is 0. The van der Waals surface area contributed by atoms with E-state index in [-0.39, 0.29) is 35.8 Å². The van der Waals surface area contributed by atoms with Gasteiger partial charge in [-0.25, -0.2) is 13.1 Å². The number of aromatic nitrogens is 2. The zero-order valence-electron chi connectivity index (χ0n) is 24.1. The van der Waals surface area contributed by atoms with Gasteiger partial charge in [-0.2, -0.15) is 9.40 Å². The Labute approximate surface area is 261 Å². The fourth-order valence-corrected chi connectivity index (χ4v) is 7.94. The van der Waals surface area contributed by atoms with Crippen LogP contribution in [0.4, 0.5) is 0 Å². The van der Waals surface area contributed by atoms with Crippen LogP contribution in [0.3, 0.4) is 0 Å². The summed E-state index contributed by atoms with van der Waals surface area (Å²) in [6.07, 6.45) is 6.27. The predicted octanol–water partition coefficient (Wildman–Crippen LogP) is 5.50. The molecule has 43 heavy (non-hydrogen) atoms. The van der Waals surface area contributed by atoms with Gasteiger partial charge in [0.05, 0.1) is 28.0 Å². The van der Waals surface area contributed by atoms with Gasteiger partial charge in [0.2, 0.25) is 10.0 Å². The number of nitrogens with zero attached hydrogens (tertiary/aromatic N) is 4. The van der Waals surface area contributed by atoms with Crippen molar-refractivity contribution in [3.63, 3.8) is 0 Å². The monoisotopic (exact) mass is 638 g/mol. The molecule has 1 amide bonds. The van der Waals surface area contributed by atoms with Crippen molar-refractivity contribution in [1.82, 2.24) is 19.0 Å². The molecule has 2 aliphatic heterocycles. The Morgan fingerprint density at radius 2 is 1.86 bits per heavy atom. The first-order valence-corrected chi connectivity index (χ1v) is 17.1. The Morgan fingerprint density at radius 1 is 1.12 bits per heavy atom. The molecule has 9 nitrogen and oxygen atoms in total. The Kier molecular flexibility index (Phi) is 9.80. The van der Waals surface area contributed by atoms with Gasteiger partial charge in [-0.1, -0.05) is 67.7 Å². The summed E-state index contributed by atoms with van der Waals surface area (Å²) in [4.78, 5) is 27.7. The Hall–Kier alpha value is -3.32. The van der Waals surface area contributed by atoms with Gasteiger partial charge < -0.3 is 4.74 Å². The molecule has 1 aromatic heterocycles. The standard InChI is InChI=1S/C31H34N4O5S3/c1-3-5-16-34-29(36)27(42-31(34)41)20-24-21-35(25-11-7-6-8-12-25)32-28(24)23-10-9-13-26(19-23)43(38,39)33-17-14-22(15-18-33)30(37)40-4-2/h6-13,19-22H,3-5,14-18H2,1-2H3/b27-20-. The molecule has 0 atom stereocenters. The lowest BCUT2D eigenvalue weighted by Gasteiger charge is -2.30. The SMILES string of the molecule is CCCCN1C(=O)/C(=C/c2cn(-c3ccccc3)nc2-c2cccc(S(=O)(=O)N3CCC(C(=O)OCC)CC3)c2)SC1=S. The summed E-state index contributed by atoms with van der Waals surface area (Å²) in [5, 5.41) is 4.83. The van der Waals surface area contributed by atoms with Crippen molar-refractivity contribution in [3.8, 4) is 16.9 Å². The number of piperidine rings is 1. The number of ether oxygens (including phenoxy) is 1. The third-order valence-corrected chi connectivity index (χ3v) is 10.8. The second kappa shape index (κ2) is 13.5. The molecule has 0 aliphatic carbocycles. The summed E-state index contributed by atoms with van der Waals surface area (Å²) >= 11 is 6.76. The Balaban J connectivity index is 1.48. The molecule has 2 aromatic carbocycles. The van der Waals surface area contributed by atoms with Gasteiger partial charge in [-0.05, 0) is 56.5 Å². The maximum absolute atomic E-state index is 13.7. The van der Waals surface area contributed by atoms with Crippen molar-refractivity contribution in [2.75, 3.05) is 26.2 Å². The van der Waals surface area contributed by atoms with Crippen LogP contribution in [-0.4, -0.2) is 69.8 Å². The molecule has 2 saturated heterocycles. The minimum atomic E-state index is -3.82. The number of thioether (sulfide) groups is 1. The first-order valence-electron chi connectivity index (χ1n) is 14.4. The van der Waals surface area contributed by atoms with E-state index in [0.717, 1.165) is 18.5 Å². The first-order chi connectivity index (χ1) is 20.7. The van der Waals surface area contributed by atoms with Crippen LogP contribution < -0.4 is 0 Å². The second-order valence-electron chi connectivity index (χ2n) is 10.4. The molecule has 2 aliphatic rings. The third-order valence-electron chi connectivity index (χ3n) is 7.48. The summed E-state index contributed by atoms with van der Waals surface area (Å²) in [5.41, 5.74) is 2.64. The van der Waals surface area contributed by atoms with E-state index in [1.807, 2.05) is 42.6 Å². The number of thiocarbonyl (C=S) groups is 1. The number of rotatable bonds is 10. The number of esters is 1. The van der Waals surface area contributed by atoms with Gasteiger partial charge in [0.15, 0.2) is 0 Å². The number of carbonyl (C=O) groups excluding carboxylic acids is 2. The maximum Gasteiger partial charge on any atom is 0.309 e. The van der Waals surface area contributed by atoms with Gasteiger partial charge in [-0.15, -0.1) is 0 Å². The summed E-state index contributed by atoms with van der Waals surface area (Å²) in [7, 11) is -3.82. The van der Waals surface area contributed by atoms with Gasteiger partial charge >= 0.3 is 5.97 Å².